The molecule has 9 heteroatoms. The Hall–Kier alpha value is -3.95. The Balaban J connectivity index is 1.41. The van der Waals surface area contributed by atoms with E-state index in [1.807, 2.05) is 44.7 Å². The molecule has 2 N–H and O–H groups in total. The first-order valence-corrected chi connectivity index (χ1v) is 16.7. The molecule has 2 fully saturated rings. The van der Waals surface area contributed by atoms with Crippen molar-refractivity contribution in [1.82, 2.24) is 20.1 Å². The molecule has 1 aromatic heterocycles. The summed E-state index contributed by atoms with van der Waals surface area (Å²) in [7, 11) is 0. The summed E-state index contributed by atoms with van der Waals surface area (Å²) in [5, 5.41) is 3.04. The van der Waals surface area contributed by atoms with Crippen molar-refractivity contribution in [3.8, 4) is 11.1 Å². The van der Waals surface area contributed by atoms with Gasteiger partial charge < -0.3 is 24.8 Å². The predicted octanol–water partition coefficient (Wildman–Crippen LogP) is 4.96. The van der Waals surface area contributed by atoms with Crippen LogP contribution in [0.2, 0.25) is 0 Å². The molecule has 0 radical (unpaired) electrons. The average molecular weight is 628 g/mol. The first kappa shape index (κ1) is 33.4. The van der Waals surface area contributed by atoms with E-state index >= 15 is 0 Å². The number of hydrogen-bond donors (Lipinski definition) is 2. The van der Waals surface area contributed by atoms with E-state index in [0.29, 0.717) is 23.6 Å². The number of ether oxygens (including phenoxy) is 1. The van der Waals surface area contributed by atoms with Gasteiger partial charge in [-0.2, -0.15) is 0 Å². The Morgan fingerprint density at radius 2 is 1.65 bits per heavy atom. The number of aryl methyl sites for hydroxylation is 2. The van der Waals surface area contributed by atoms with E-state index in [9.17, 15) is 14.4 Å². The fourth-order valence-corrected chi connectivity index (χ4v) is 6.83. The molecule has 3 aromatic rings. The fourth-order valence-electron chi connectivity index (χ4n) is 6.83. The molecule has 0 saturated carbocycles. The van der Waals surface area contributed by atoms with Crippen LogP contribution in [0.4, 0.5) is 5.69 Å². The van der Waals surface area contributed by atoms with E-state index in [1.54, 1.807) is 0 Å². The van der Waals surface area contributed by atoms with E-state index in [2.05, 4.69) is 57.4 Å². The lowest BCUT2D eigenvalue weighted by molar-refractivity contribution is -0.132. The normalized spacial score (nSPS) is 16.0. The van der Waals surface area contributed by atoms with Gasteiger partial charge in [-0.1, -0.05) is 31.2 Å². The molecule has 0 atom stereocenters. The number of benzene rings is 2. The molecule has 246 valence electrons. The van der Waals surface area contributed by atoms with Crippen molar-refractivity contribution >= 4 is 17.5 Å². The van der Waals surface area contributed by atoms with Crippen LogP contribution in [0.1, 0.15) is 71.4 Å². The topological polar surface area (TPSA) is 98.0 Å². The van der Waals surface area contributed by atoms with Crippen molar-refractivity contribution in [3.63, 3.8) is 0 Å². The van der Waals surface area contributed by atoms with Gasteiger partial charge in [0.15, 0.2) is 0 Å². The molecule has 5 rings (SSSR count). The lowest BCUT2D eigenvalue weighted by Crippen LogP contribution is -2.48. The average Bonchev–Trinajstić information content (AvgIpc) is 3.06. The number of nitrogens with zero attached hydrogens (tertiary/aromatic N) is 3. The van der Waals surface area contributed by atoms with Gasteiger partial charge in [0, 0.05) is 94.0 Å². The van der Waals surface area contributed by atoms with Gasteiger partial charge in [0.2, 0.25) is 5.91 Å². The summed E-state index contributed by atoms with van der Waals surface area (Å²) in [4.78, 5) is 48.2. The lowest BCUT2D eigenvalue weighted by Gasteiger charge is -2.37. The minimum absolute atomic E-state index is 0.159. The third-order valence-corrected chi connectivity index (χ3v) is 9.55. The van der Waals surface area contributed by atoms with Crippen molar-refractivity contribution in [1.29, 1.82) is 0 Å². The van der Waals surface area contributed by atoms with E-state index in [-0.39, 0.29) is 23.9 Å². The highest BCUT2D eigenvalue weighted by molar-refractivity contribution is 5.99. The second kappa shape index (κ2) is 15.1. The largest absolute Gasteiger partial charge is 0.381 e. The first-order valence-electron chi connectivity index (χ1n) is 16.7. The highest BCUT2D eigenvalue weighted by atomic mass is 16.5. The minimum Gasteiger partial charge on any atom is -0.381 e. The van der Waals surface area contributed by atoms with Crippen LogP contribution < -0.4 is 15.8 Å². The van der Waals surface area contributed by atoms with Crippen LogP contribution in [0.5, 0.6) is 0 Å². The number of nitrogens with one attached hydrogen (secondary N) is 2. The van der Waals surface area contributed by atoms with E-state index in [4.69, 9.17) is 4.74 Å². The van der Waals surface area contributed by atoms with Crippen LogP contribution >= 0.6 is 0 Å². The molecule has 3 heterocycles. The summed E-state index contributed by atoms with van der Waals surface area (Å²) in [6, 6.07) is 15.1. The Morgan fingerprint density at radius 3 is 2.28 bits per heavy atom. The molecule has 0 spiro atoms. The summed E-state index contributed by atoms with van der Waals surface area (Å²) < 4.78 is 5.66. The highest BCUT2D eigenvalue weighted by Gasteiger charge is 2.25. The monoisotopic (exact) mass is 627 g/mol. The summed E-state index contributed by atoms with van der Waals surface area (Å²) in [6.45, 7) is 16.5. The zero-order valence-corrected chi connectivity index (χ0v) is 28.1. The number of rotatable bonds is 10. The number of H-pyrrole nitrogens is 1. The van der Waals surface area contributed by atoms with Gasteiger partial charge in [-0.3, -0.25) is 19.3 Å². The molecule has 2 aliphatic rings. The molecule has 0 unspecified atom stereocenters. The number of aromatic nitrogens is 1. The number of aromatic amines is 1. The number of carbonyl (C=O) groups excluding carboxylic acids is 2. The van der Waals surface area contributed by atoms with Gasteiger partial charge in [0.05, 0.1) is 0 Å². The second-order valence-electron chi connectivity index (χ2n) is 12.6. The van der Waals surface area contributed by atoms with Crippen molar-refractivity contribution in [2.75, 3.05) is 50.8 Å². The van der Waals surface area contributed by atoms with E-state index in [1.165, 1.54) is 5.56 Å². The number of hydrogen-bond acceptors (Lipinski definition) is 6. The minimum atomic E-state index is -0.194. The standard InChI is InChI=1S/C37H49N5O4/c1-6-35(43)41-16-14-40(15-17-41)24-28-8-10-29(11-9-28)30-21-32(36(44)38-23-33-25(3)20-26(4)39-37(33)45)27(5)34(22-30)42(7-2)31-12-18-46-19-13-31/h8-11,20-22,31H,6-7,12-19,23-24H2,1-5H3,(H,38,44)(H,39,45). The van der Waals surface area contributed by atoms with Crippen molar-refractivity contribution < 1.29 is 14.3 Å². The molecule has 0 bridgehead atoms. The molecule has 2 aromatic carbocycles. The molecule has 2 saturated heterocycles. The van der Waals surface area contributed by atoms with Crippen LogP contribution in [-0.4, -0.2) is 78.6 Å². The lowest BCUT2D eigenvalue weighted by atomic mass is 9.94. The van der Waals surface area contributed by atoms with Crippen LogP contribution in [0.3, 0.4) is 0 Å². The summed E-state index contributed by atoms with van der Waals surface area (Å²) in [5.74, 6) is 0.0345. The quantitative estimate of drug-likeness (QED) is 0.330. The van der Waals surface area contributed by atoms with E-state index in [0.717, 1.165) is 99.0 Å². The maximum Gasteiger partial charge on any atom is 0.253 e. The molecule has 46 heavy (non-hydrogen) atoms. The number of pyridine rings is 1. The molecular formula is C37H49N5O4. The van der Waals surface area contributed by atoms with Crippen LogP contribution in [0.25, 0.3) is 11.1 Å². The maximum atomic E-state index is 13.8. The Morgan fingerprint density at radius 1 is 0.957 bits per heavy atom. The zero-order chi connectivity index (χ0) is 32.8. The van der Waals surface area contributed by atoms with Crippen LogP contribution in [0.15, 0.2) is 47.3 Å². The van der Waals surface area contributed by atoms with Crippen molar-refractivity contribution in [2.24, 2.45) is 0 Å². The molecule has 2 amide bonds. The number of carbonyl (C=O) groups is 2. The SMILES string of the molecule is CCC(=O)N1CCN(Cc2ccc(-c3cc(C(=O)NCc4c(C)cc(C)[nH]c4=O)c(C)c(N(CC)C4CCOCC4)c3)cc2)CC1. The van der Waals surface area contributed by atoms with Gasteiger partial charge in [0.25, 0.3) is 11.5 Å². The van der Waals surface area contributed by atoms with Crippen molar-refractivity contribution in [2.45, 2.75) is 73.0 Å². The Labute approximate surface area is 272 Å². The Bertz CT molecular complexity index is 1580. The fraction of sp³-hybridized carbons (Fsp3) is 0.486. The van der Waals surface area contributed by atoms with Gasteiger partial charge in [-0.05, 0) is 86.6 Å². The summed E-state index contributed by atoms with van der Waals surface area (Å²) in [6.07, 6.45) is 2.46. The highest BCUT2D eigenvalue weighted by Crippen LogP contribution is 2.34. The maximum absolute atomic E-state index is 13.8. The Kier molecular flexibility index (Phi) is 11.0. The van der Waals surface area contributed by atoms with Gasteiger partial charge in [-0.15, -0.1) is 0 Å². The smallest absolute Gasteiger partial charge is 0.253 e. The number of anilines is 1. The third kappa shape index (κ3) is 7.70. The van der Waals surface area contributed by atoms with Crippen molar-refractivity contribution in [3.05, 3.63) is 86.3 Å². The molecule has 2 aliphatic heterocycles. The number of piperazine rings is 1. The van der Waals surface area contributed by atoms with E-state index < -0.39 is 0 Å². The van der Waals surface area contributed by atoms with Gasteiger partial charge >= 0.3 is 0 Å². The number of amides is 2. The molecule has 0 aliphatic carbocycles. The predicted molar refractivity (Wildman–Crippen MR) is 183 cm³/mol. The molecular weight excluding hydrogens is 578 g/mol. The molecule has 9 nitrogen and oxygen atoms in total. The summed E-state index contributed by atoms with van der Waals surface area (Å²) in [5.41, 5.74) is 7.92. The summed E-state index contributed by atoms with van der Waals surface area (Å²) >= 11 is 0. The van der Waals surface area contributed by atoms with Gasteiger partial charge in [-0.25, -0.2) is 0 Å². The zero-order valence-electron chi connectivity index (χ0n) is 28.1. The third-order valence-electron chi connectivity index (χ3n) is 9.55. The first-order chi connectivity index (χ1) is 22.2. The van der Waals surface area contributed by atoms with Crippen LogP contribution in [0, 0.1) is 20.8 Å². The second-order valence-corrected chi connectivity index (χ2v) is 12.6. The van der Waals surface area contributed by atoms with Crippen LogP contribution in [-0.2, 0) is 22.6 Å². The van der Waals surface area contributed by atoms with Gasteiger partial charge in [0.1, 0.15) is 0 Å².